The minimum atomic E-state index is -2.30. The summed E-state index contributed by atoms with van der Waals surface area (Å²) < 4.78 is 27.0. The van der Waals surface area contributed by atoms with Crippen molar-refractivity contribution in [3.63, 3.8) is 0 Å². The molecule has 0 aliphatic carbocycles. The van der Waals surface area contributed by atoms with Gasteiger partial charge in [0.2, 0.25) is 0 Å². The fourth-order valence-corrected chi connectivity index (χ4v) is 2.29. The van der Waals surface area contributed by atoms with E-state index in [4.69, 9.17) is 0 Å². The summed E-state index contributed by atoms with van der Waals surface area (Å²) in [4.78, 5) is 1.59. The van der Waals surface area contributed by atoms with Gasteiger partial charge in [-0.3, -0.25) is 9.58 Å². The van der Waals surface area contributed by atoms with Crippen molar-refractivity contribution in [2.75, 3.05) is 13.6 Å². The molecule has 0 spiro atoms. The summed E-state index contributed by atoms with van der Waals surface area (Å²) in [6.07, 6.45) is -1.48. The highest BCUT2D eigenvalue weighted by Crippen LogP contribution is 2.22. The Balaban J connectivity index is 2.76. The van der Waals surface area contributed by atoms with E-state index in [2.05, 4.69) is 21.0 Å². The molecule has 0 bridgehead atoms. The summed E-state index contributed by atoms with van der Waals surface area (Å²) in [6, 6.07) is 0. The second-order valence-corrected chi connectivity index (χ2v) is 4.57. The maximum Gasteiger partial charge on any atom is 0.251 e. The predicted octanol–water partition coefficient (Wildman–Crippen LogP) is 2.44. The molecule has 0 saturated heterocycles. The molecule has 0 saturated carbocycles. The average Bonchev–Trinajstić information content (AvgIpc) is 2.44. The molecule has 0 aromatic carbocycles. The quantitative estimate of drug-likeness (QED) is 0.832. The van der Waals surface area contributed by atoms with Gasteiger partial charge in [0.15, 0.2) is 0 Å². The second-order valence-electron chi connectivity index (χ2n) is 3.77. The minimum Gasteiger partial charge on any atom is -0.295 e. The van der Waals surface area contributed by atoms with E-state index in [0.717, 1.165) is 22.3 Å². The van der Waals surface area contributed by atoms with Crippen molar-refractivity contribution in [1.29, 1.82) is 0 Å². The number of halogens is 3. The van der Waals surface area contributed by atoms with Gasteiger partial charge in [-0.25, -0.2) is 8.78 Å². The van der Waals surface area contributed by atoms with E-state index in [1.54, 1.807) is 16.6 Å². The fraction of sp³-hybridized carbons (Fsp3) is 0.700. The molecule has 0 atom stereocenters. The summed E-state index contributed by atoms with van der Waals surface area (Å²) in [5, 5.41) is 4.32. The number of hydrogen-bond acceptors (Lipinski definition) is 2. The molecular formula is C10H16BrF2N3. The van der Waals surface area contributed by atoms with Crippen LogP contribution in [0.3, 0.4) is 0 Å². The van der Waals surface area contributed by atoms with Gasteiger partial charge >= 0.3 is 0 Å². The number of rotatable bonds is 5. The highest BCUT2D eigenvalue weighted by Gasteiger charge is 2.15. The molecule has 92 valence electrons. The summed E-state index contributed by atoms with van der Waals surface area (Å²) in [5.41, 5.74) is 1.89. The summed E-state index contributed by atoms with van der Waals surface area (Å²) >= 11 is 3.46. The molecule has 1 aromatic heterocycles. The van der Waals surface area contributed by atoms with Crippen molar-refractivity contribution in [2.45, 2.75) is 26.3 Å². The molecule has 0 fully saturated rings. The molecule has 0 radical (unpaired) electrons. The molecular weight excluding hydrogens is 280 g/mol. The molecule has 1 rings (SSSR count). The van der Waals surface area contributed by atoms with Gasteiger partial charge in [-0.15, -0.1) is 0 Å². The molecule has 1 aromatic rings. The largest absolute Gasteiger partial charge is 0.295 e. The standard InChI is InChI=1S/C10H16BrF2N3/c1-4-7-10(11)8(16(3)14-7)5-15(2)6-9(12)13/h9H,4-6H2,1-3H3. The van der Waals surface area contributed by atoms with Crippen molar-refractivity contribution in [1.82, 2.24) is 14.7 Å². The number of nitrogens with zero attached hydrogens (tertiary/aromatic N) is 3. The Labute approximate surface area is 103 Å². The lowest BCUT2D eigenvalue weighted by atomic mass is 10.3. The number of alkyl halides is 2. The zero-order valence-electron chi connectivity index (χ0n) is 9.67. The Hall–Kier alpha value is -0.490. The molecule has 0 aliphatic heterocycles. The topological polar surface area (TPSA) is 21.1 Å². The molecule has 0 amide bonds. The van der Waals surface area contributed by atoms with Gasteiger partial charge in [-0.1, -0.05) is 6.92 Å². The van der Waals surface area contributed by atoms with Crippen LogP contribution in [-0.4, -0.2) is 34.7 Å². The normalized spacial score (nSPS) is 11.8. The fourth-order valence-electron chi connectivity index (χ4n) is 1.55. The smallest absolute Gasteiger partial charge is 0.251 e. The van der Waals surface area contributed by atoms with E-state index >= 15 is 0 Å². The predicted molar refractivity (Wildman–Crippen MR) is 62.6 cm³/mol. The summed E-state index contributed by atoms with van der Waals surface area (Å²) in [5.74, 6) is 0. The third kappa shape index (κ3) is 3.25. The lowest BCUT2D eigenvalue weighted by molar-refractivity contribution is 0.0964. The lowest BCUT2D eigenvalue weighted by Gasteiger charge is -2.16. The molecule has 3 nitrogen and oxygen atoms in total. The maximum atomic E-state index is 12.2. The van der Waals surface area contributed by atoms with Crippen LogP contribution >= 0.6 is 15.9 Å². The summed E-state index contributed by atoms with van der Waals surface area (Å²) in [7, 11) is 3.51. The number of aromatic nitrogens is 2. The second kappa shape index (κ2) is 5.72. The zero-order chi connectivity index (χ0) is 12.3. The molecule has 0 aliphatic rings. The molecule has 0 N–H and O–H groups in total. The molecule has 0 unspecified atom stereocenters. The first-order chi connectivity index (χ1) is 7.45. The van der Waals surface area contributed by atoms with Crippen molar-refractivity contribution in [3.8, 4) is 0 Å². The van der Waals surface area contributed by atoms with E-state index in [1.165, 1.54) is 0 Å². The van der Waals surface area contributed by atoms with E-state index < -0.39 is 6.43 Å². The average molecular weight is 296 g/mol. The molecule has 6 heteroatoms. The van der Waals surface area contributed by atoms with Crippen LogP contribution in [0.5, 0.6) is 0 Å². The first-order valence-electron chi connectivity index (χ1n) is 5.12. The Bertz CT molecular complexity index is 352. The van der Waals surface area contributed by atoms with Crippen LogP contribution in [0, 0.1) is 0 Å². The number of hydrogen-bond donors (Lipinski definition) is 0. The molecule has 1 heterocycles. The SMILES string of the molecule is CCc1nn(C)c(CN(C)CC(F)F)c1Br. The monoisotopic (exact) mass is 295 g/mol. The highest BCUT2D eigenvalue weighted by molar-refractivity contribution is 9.10. The first-order valence-corrected chi connectivity index (χ1v) is 5.91. The zero-order valence-corrected chi connectivity index (χ0v) is 11.3. The van der Waals surface area contributed by atoms with Gasteiger partial charge in [0.1, 0.15) is 0 Å². The van der Waals surface area contributed by atoms with Crippen molar-refractivity contribution in [2.24, 2.45) is 7.05 Å². The van der Waals surface area contributed by atoms with Crippen LogP contribution < -0.4 is 0 Å². The van der Waals surface area contributed by atoms with Gasteiger partial charge in [0.05, 0.1) is 22.4 Å². The Kier molecular flexibility index (Phi) is 4.86. The minimum absolute atomic E-state index is 0.223. The van der Waals surface area contributed by atoms with Gasteiger partial charge in [0, 0.05) is 13.6 Å². The van der Waals surface area contributed by atoms with Crippen LogP contribution in [0.2, 0.25) is 0 Å². The molecule has 16 heavy (non-hydrogen) atoms. The third-order valence-corrected chi connectivity index (χ3v) is 3.29. The van der Waals surface area contributed by atoms with Gasteiger partial charge in [-0.05, 0) is 29.4 Å². The first kappa shape index (κ1) is 13.6. The maximum absolute atomic E-state index is 12.2. The van der Waals surface area contributed by atoms with Crippen LogP contribution in [0.1, 0.15) is 18.3 Å². The van der Waals surface area contributed by atoms with Gasteiger partial charge < -0.3 is 0 Å². The Morgan fingerprint density at radius 3 is 2.56 bits per heavy atom. The van der Waals surface area contributed by atoms with Gasteiger partial charge in [0.25, 0.3) is 6.43 Å². The van der Waals surface area contributed by atoms with E-state index in [0.29, 0.717) is 6.54 Å². The van der Waals surface area contributed by atoms with Crippen LogP contribution in [0.15, 0.2) is 4.47 Å². The number of aryl methyl sites for hydroxylation is 2. The van der Waals surface area contributed by atoms with Crippen molar-refractivity contribution in [3.05, 3.63) is 15.9 Å². The van der Waals surface area contributed by atoms with E-state index in [-0.39, 0.29) is 6.54 Å². The third-order valence-electron chi connectivity index (χ3n) is 2.37. The Morgan fingerprint density at radius 1 is 1.50 bits per heavy atom. The summed E-state index contributed by atoms with van der Waals surface area (Å²) in [6.45, 7) is 2.26. The van der Waals surface area contributed by atoms with E-state index in [9.17, 15) is 8.78 Å². The Morgan fingerprint density at radius 2 is 2.12 bits per heavy atom. The van der Waals surface area contributed by atoms with E-state index in [1.807, 2.05) is 14.0 Å². The lowest BCUT2D eigenvalue weighted by Crippen LogP contribution is -2.25. The van der Waals surface area contributed by atoms with Crippen LogP contribution in [0.25, 0.3) is 0 Å². The van der Waals surface area contributed by atoms with Crippen molar-refractivity contribution < 1.29 is 8.78 Å². The highest BCUT2D eigenvalue weighted by atomic mass is 79.9. The van der Waals surface area contributed by atoms with Crippen molar-refractivity contribution >= 4 is 15.9 Å². The van der Waals surface area contributed by atoms with Gasteiger partial charge in [-0.2, -0.15) is 5.10 Å². The van der Waals surface area contributed by atoms with Crippen LogP contribution in [0.4, 0.5) is 8.78 Å². The van der Waals surface area contributed by atoms with Crippen LogP contribution in [-0.2, 0) is 20.0 Å².